The smallest absolute Gasteiger partial charge is 0.162 e. The highest BCUT2D eigenvalue weighted by Crippen LogP contribution is 2.37. The Kier molecular flexibility index (Phi) is 4.31. The molecule has 5 aromatic rings. The van der Waals surface area contributed by atoms with E-state index in [1.54, 1.807) is 30.5 Å². The molecule has 0 fully saturated rings. The first-order valence-corrected chi connectivity index (χ1v) is 9.35. The van der Waals surface area contributed by atoms with Gasteiger partial charge in [0.2, 0.25) is 0 Å². The molecule has 3 heterocycles. The fraction of sp³-hybridized carbons (Fsp3) is 0.0909. The van der Waals surface area contributed by atoms with Crippen molar-refractivity contribution >= 4 is 27.9 Å². The van der Waals surface area contributed by atoms with Gasteiger partial charge in [-0.2, -0.15) is 0 Å². The Morgan fingerprint density at radius 3 is 2.73 bits per heavy atom. The SMILES string of the molecule is CC(Nc1ncnc2[nH]cnc12)c1cc(F)c2cccnc2c1-c1cccc(F)c1. The first-order chi connectivity index (χ1) is 14.6. The molecule has 0 amide bonds. The molecule has 2 N–H and O–H groups in total. The number of aromatic amines is 1. The van der Waals surface area contributed by atoms with Crippen molar-refractivity contribution in [3.63, 3.8) is 0 Å². The maximum absolute atomic E-state index is 14.9. The maximum atomic E-state index is 14.9. The van der Waals surface area contributed by atoms with Crippen LogP contribution in [0.15, 0.2) is 61.3 Å². The summed E-state index contributed by atoms with van der Waals surface area (Å²) in [5.41, 5.74) is 3.56. The molecule has 0 aliphatic heterocycles. The van der Waals surface area contributed by atoms with Crippen LogP contribution in [-0.2, 0) is 0 Å². The molecule has 0 radical (unpaired) electrons. The van der Waals surface area contributed by atoms with Gasteiger partial charge in [0.1, 0.15) is 23.5 Å². The van der Waals surface area contributed by atoms with Crippen molar-refractivity contribution < 1.29 is 8.78 Å². The fourth-order valence-electron chi connectivity index (χ4n) is 3.66. The Balaban J connectivity index is 1.70. The number of benzene rings is 2. The lowest BCUT2D eigenvalue weighted by atomic mass is 9.92. The van der Waals surface area contributed by atoms with E-state index in [9.17, 15) is 8.78 Å². The van der Waals surface area contributed by atoms with Crippen molar-refractivity contribution in [3.8, 4) is 11.1 Å². The molecule has 3 aromatic heterocycles. The summed E-state index contributed by atoms with van der Waals surface area (Å²) >= 11 is 0. The lowest BCUT2D eigenvalue weighted by molar-refractivity contribution is 0.628. The number of anilines is 1. The quantitative estimate of drug-likeness (QED) is 0.441. The maximum Gasteiger partial charge on any atom is 0.162 e. The van der Waals surface area contributed by atoms with Gasteiger partial charge >= 0.3 is 0 Å². The largest absolute Gasteiger partial charge is 0.362 e. The minimum absolute atomic E-state index is 0.374. The van der Waals surface area contributed by atoms with Gasteiger partial charge in [0.15, 0.2) is 11.5 Å². The van der Waals surface area contributed by atoms with Crippen LogP contribution in [0.2, 0.25) is 0 Å². The van der Waals surface area contributed by atoms with E-state index in [1.165, 1.54) is 30.9 Å². The number of pyridine rings is 1. The van der Waals surface area contributed by atoms with Crippen molar-refractivity contribution in [2.24, 2.45) is 0 Å². The highest BCUT2D eigenvalue weighted by molar-refractivity contribution is 5.96. The summed E-state index contributed by atoms with van der Waals surface area (Å²) in [7, 11) is 0. The summed E-state index contributed by atoms with van der Waals surface area (Å²) in [6.45, 7) is 1.88. The summed E-state index contributed by atoms with van der Waals surface area (Å²) in [5.74, 6) is -0.253. The number of imidazole rings is 1. The Bertz CT molecular complexity index is 1380. The molecule has 2 aromatic carbocycles. The van der Waals surface area contributed by atoms with Gasteiger partial charge in [-0.1, -0.05) is 12.1 Å². The second-order valence-electron chi connectivity index (χ2n) is 6.92. The fourth-order valence-corrected chi connectivity index (χ4v) is 3.66. The third-order valence-corrected chi connectivity index (χ3v) is 5.02. The van der Waals surface area contributed by atoms with E-state index >= 15 is 0 Å². The number of nitrogens with one attached hydrogen (secondary N) is 2. The molecule has 8 heteroatoms. The van der Waals surface area contributed by atoms with Gasteiger partial charge in [-0.15, -0.1) is 0 Å². The number of hydrogen-bond acceptors (Lipinski definition) is 5. The molecule has 1 unspecified atom stereocenters. The molecule has 6 nitrogen and oxygen atoms in total. The van der Waals surface area contributed by atoms with Crippen LogP contribution in [0.4, 0.5) is 14.6 Å². The van der Waals surface area contributed by atoms with Crippen LogP contribution in [0.1, 0.15) is 18.5 Å². The van der Waals surface area contributed by atoms with E-state index in [-0.39, 0.29) is 11.9 Å². The molecule has 30 heavy (non-hydrogen) atoms. The highest BCUT2D eigenvalue weighted by Gasteiger charge is 2.20. The van der Waals surface area contributed by atoms with E-state index in [0.29, 0.717) is 44.6 Å². The van der Waals surface area contributed by atoms with Crippen LogP contribution in [0.25, 0.3) is 33.2 Å². The Hall–Kier alpha value is -3.94. The van der Waals surface area contributed by atoms with E-state index in [0.717, 1.165) is 0 Å². The molecule has 148 valence electrons. The summed E-state index contributed by atoms with van der Waals surface area (Å²) in [6, 6.07) is 10.6. The number of aromatic nitrogens is 5. The van der Waals surface area contributed by atoms with Gasteiger partial charge in [0.25, 0.3) is 0 Å². The molecule has 1 atom stereocenters. The minimum atomic E-state index is -0.394. The van der Waals surface area contributed by atoms with Crippen LogP contribution in [0, 0.1) is 11.6 Å². The van der Waals surface area contributed by atoms with Crippen LogP contribution in [-0.4, -0.2) is 24.9 Å². The number of halogens is 2. The molecular formula is C22H16F2N6. The van der Waals surface area contributed by atoms with Crippen LogP contribution in [0.5, 0.6) is 0 Å². The monoisotopic (exact) mass is 402 g/mol. The number of nitrogens with zero attached hydrogens (tertiary/aromatic N) is 4. The normalized spacial score (nSPS) is 12.4. The first-order valence-electron chi connectivity index (χ1n) is 9.35. The van der Waals surface area contributed by atoms with Gasteiger partial charge in [0, 0.05) is 17.1 Å². The Morgan fingerprint density at radius 2 is 1.87 bits per heavy atom. The number of hydrogen-bond donors (Lipinski definition) is 2. The predicted molar refractivity (Wildman–Crippen MR) is 111 cm³/mol. The average Bonchev–Trinajstić information content (AvgIpc) is 3.23. The third kappa shape index (κ3) is 3.02. The van der Waals surface area contributed by atoms with Gasteiger partial charge in [-0.3, -0.25) is 4.98 Å². The molecule has 0 saturated heterocycles. The molecule has 0 aliphatic carbocycles. The number of rotatable bonds is 4. The van der Waals surface area contributed by atoms with E-state index in [4.69, 9.17) is 0 Å². The average molecular weight is 402 g/mol. The minimum Gasteiger partial charge on any atom is -0.362 e. The van der Waals surface area contributed by atoms with Gasteiger partial charge in [-0.25, -0.2) is 23.7 Å². The summed E-state index contributed by atoms with van der Waals surface area (Å²) in [5, 5.41) is 3.66. The van der Waals surface area contributed by atoms with Crippen LogP contribution < -0.4 is 5.32 Å². The molecule has 0 spiro atoms. The lowest BCUT2D eigenvalue weighted by Gasteiger charge is -2.21. The van der Waals surface area contributed by atoms with E-state index in [2.05, 4.69) is 30.2 Å². The standard InChI is InChI=1S/C22H16F2N6/c1-12(30-22-20-21(27-10-26-20)28-11-29-22)16-9-17(24)15-6-3-7-25-19(15)18(16)13-4-2-5-14(23)8-13/h2-12H,1H3,(H2,26,27,28,29,30). The Morgan fingerprint density at radius 1 is 0.967 bits per heavy atom. The molecular weight excluding hydrogens is 386 g/mol. The zero-order chi connectivity index (χ0) is 20.7. The summed E-state index contributed by atoms with van der Waals surface area (Å²) in [4.78, 5) is 20.0. The second kappa shape index (κ2) is 7.14. The van der Waals surface area contributed by atoms with Gasteiger partial charge < -0.3 is 10.3 Å². The molecule has 0 saturated carbocycles. The number of fused-ring (bicyclic) bond motifs is 2. The van der Waals surface area contributed by atoms with Crippen molar-refractivity contribution in [1.82, 2.24) is 24.9 Å². The summed E-state index contributed by atoms with van der Waals surface area (Å²) in [6.07, 6.45) is 4.56. The second-order valence-corrected chi connectivity index (χ2v) is 6.92. The number of H-pyrrole nitrogens is 1. The van der Waals surface area contributed by atoms with Gasteiger partial charge in [0.05, 0.1) is 17.9 Å². The first kappa shape index (κ1) is 18.1. The van der Waals surface area contributed by atoms with Crippen molar-refractivity contribution in [2.75, 3.05) is 5.32 Å². The summed E-state index contributed by atoms with van der Waals surface area (Å²) < 4.78 is 29.0. The molecule has 0 bridgehead atoms. The third-order valence-electron chi connectivity index (χ3n) is 5.02. The van der Waals surface area contributed by atoms with Crippen LogP contribution >= 0.6 is 0 Å². The van der Waals surface area contributed by atoms with Crippen molar-refractivity contribution in [3.05, 3.63) is 78.5 Å². The Labute approximate surface area is 170 Å². The van der Waals surface area contributed by atoms with E-state index in [1.807, 2.05) is 6.92 Å². The molecule has 5 rings (SSSR count). The lowest BCUT2D eigenvalue weighted by Crippen LogP contribution is -2.11. The predicted octanol–water partition coefficient (Wildman–Crippen LogP) is 5.02. The zero-order valence-electron chi connectivity index (χ0n) is 15.9. The van der Waals surface area contributed by atoms with Gasteiger partial charge in [-0.05, 0) is 48.4 Å². The van der Waals surface area contributed by atoms with Crippen molar-refractivity contribution in [1.29, 1.82) is 0 Å². The zero-order valence-corrected chi connectivity index (χ0v) is 15.9. The van der Waals surface area contributed by atoms with E-state index < -0.39 is 5.82 Å². The van der Waals surface area contributed by atoms with Crippen LogP contribution in [0.3, 0.4) is 0 Å². The molecule has 0 aliphatic rings. The topological polar surface area (TPSA) is 79.4 Å². The van der Waals surface area contributed by atoms with Crippen molar-refractivity contribution in [2.45, 2.75) is 13.0 Å². The highest BCUT2D eigenvalue weighted by atomic mass is 19.1.